The quantitative estimate of drug-likeness (QED) is 0.367. The Balaban J connectivity index is 2.95. The van der Waals surface area contributed by atoms with Crippen molar-refractivity contribution >= 4 is 0 Å². The van der Waals surface area contributed by atoms with Crippen molar-refractivity contribution in [2.24, 2.45) is 30.9 Å². The fourth-order valence-electron chi connectivity index (χ4n) is 1.77. The van der Waals surface area contributed by atoms with Gasteiger partial charge in [0, 0.05) is 0 Å². The van der Waals surface area contributed by atoms with Crippen molar-refractivity contribution in [1.29, 1.82) is 0 Å². The highest BCUT2D eigenvalue weighted by Gasteiger charge is 3.04. The maximum absolute atomic E-state index is 11.2. The Morgan fingerprint density at radius 3 is 1.57 bits per heavy atom. The molecule has 0 aromatic rings. The van der Waals surface area contributed by atoms with E-state index in [2.05, 4.69) is 30.9 Å². The Morgan fingerprint density at radius 2 is 1.14 bits per heavy atom. The Bertz CT molecular complexity index is 651. The van der Waals surface area contributed by atoms with Gasteiger partial charge in [-0.1, -0.05) is 15.3 Å². The van der Waals surface area contributed by atoms with Crippen molar-refractivity contribution in [2.45, 2.75) is 17.2 Å². The highest BCUT2D eigenvalue weighted by molar-refractivity contribution is 5.07. The Labute approximate surface area is 109 Å². The van der Waals surface area contributed by atoms with Crippen LogP contribution in [0, 0.1) is 40.5 Å². The Hall–Kier alpha value is -3.60. The number of nitrogens with zero attached hydrogens (tertiary/aromatic N) is 10. The third-order valence-electron chi connectivity index (χ3n) is 2.71. The van der Waals surface area contributed by atoms with Crippen molar-refractivity contribution in [3.05, 3.63) is 40.5 Å². The third kappa shape index (κ3) is 1.15. The molecule has 2 atom stereocenters. The summed E-state index contributed by atoms with van der Waals surface area (Å²) in [5.74, 6) is -7.70. The van der Waals surface area contributed by atoms with Gasteiger partial charge in [-0.2, -0.15) is 0 Å². The molecule has 0 saturated carbocycles. The van der Waals surface area contributed by atoms with Crippen molar-refractivity contribution < 1.29 is 19.7 Å². The van der Waals surface area contributed by atoms with Gasteiger partial charge in [0.05, 0.1) is 9.85 Å². The second-order valence-corrected chi connectivity index (χ2v) is 3.55. The van der Waals surface area contributed by atoms with Crippen LogP contribution in [-0.2, 0) is 0 Å². The van der Waals surface area contributed by atoms with Crippen LogP contribution in [-0.4, -0.2) is 36.9 Å². The van der Waals surface area contributed by atoms with Gasteiger partial charge in [0.15, 0.2) is 0 Å². The monoisotopic (exact) mass is 304 g/mol. The number of fused-ring (bicyclic) bond motifs is 1. The van der Waals surface area contributed by atoms with Gasteiger partial charge in [-0.3, -0.25) is 40.5 Å². The van der Waals surface area contributed by atoms with E-state index in [0.29, 0.717) is 0 Å². The zero-order valence-corrected chi connectivity index (χ0v) is 9.24. The molecular weight excluding hydrogens is 304 g/mol. The molecule has 0 fully saturated rings. The highest BCUT2D eigenvalue weighted by atomic mass is 16.7. The summed E-state index contributed by atoms with van der Waals surface area (Å²) >= 11 is 0. The van der Waals surface area contributed by atoms with Gasteiger partial charge >= 0.3 is 17.2 Å². The summed E-state index contributed by atoms with van der Waals surface area (Å²) in [6.45, 7) is 0. The predicted octanol–water partition coefficient (Wildman–Crippen LogP) is -0.604. The number of rotatable bonds is 4. The topological polar surface area (TPSA) is 247 Å². The minimum absolute atomic E-state index is 1.59. The van der Waals surface area contributed by atoms with Crippen molar-refractivity contribution in [3.8, 4) is 0 Å². The zero-order valence-electron chi connectivity index (χ0n) is 9.24. The van der Waals surface area contributed by atoms with E-state index in [4.69, 9.17) is 0 Å². The molecule has 0 radical (unpaired) electrons. The lowest BCUT2D eigenvalue weighted by Gasteiger charge is -2.21. The molecule has 0 spiro atoms. The normalized spacial score (nSPS) is 31.6. The van der Waals surface area contributed by atoms with Crippen LogP contribution in [0.4, 0.5) is 0 Å². The molecule has 18 heteroatoms. The number of nitro groups is 4. The summed E-state index contributed by atoms with van der Waals surface area (Å²) in [7, 11) is 0. The predicted molar refractivity (Wildman–Crippen MR) is 50.7 cm³/mol. The largest absolute Gasteiger partial charge is 0.685 e. The van der Waals surface area contributed by atoms with Crippen LogP contribution in [0.3, 0.4) is 0 Å². The van der Waals surface area contributed by atoms with Crippen molar-refractivity contribution in [2.75, 3.05) is 0 Å². The lowest BCUT2D eigenvalue weighted by Crippen LogP contribution is -2.73. The number of hydrogen-bond donors (Lipinski definition) is 0. The molecule has 0 aromatic heterocycles. The van der Waals surface area contributed by atoms with Gasteiger partial charge in [0.2, 0.25) is 0 Å². The van der Waals surface area contributed by atoms with Gasteiger partial charge in [0.25, 0.3) is 0 Å². The summed E-state index contributed by atoms with van der Waals surface area (Å²) in [6.07, 6.45) is 0. The van der Waals surface area contributed by atoms with Gasteiger partial charge < -0.3 is 0 Å². The minimum atomic E-state index is -4.10. The fraction of sp³-hybridized carbons (Fsp3) is 1.00. The summed E-state index contributed by atoms with van der Waals surface area (Å²) in [6, 6.07) is 0. The average Bonchev–Trinajstić information content (AvgIpc) is 2.73. The molecule has 18 nitrogen and oxygen atoms in total. The van der Waals surface area contributed by atoms with Crippen LogP contribution in [0.15, 0.2) is 30.9 Å². The summed E-state index contributed by atoms with van der Waals surface area (Å²) < 4.78 is 0. The van der Waals surface area contributed by atoms with Gasteiger partial charge in [0.1, 0.15) is 9.85 Å². The van der Waals surface area contributed by atoms with E-state index in [1.807, 2.05) is 0 Å². The minimum Gasteiger partial charge on any atom is -0.261 e. The molecule has 2 aliphatic heterocycles. The molecule has 0 N–H and O–H groups in total. The van der Waals surface area contributed by atoms with Gasteiger partial charge in [-0.15, -0.1) is 0 Å². The molecular formula is C3N10O8. The molecule has 0 bridgehead atoms. The molecule has 2 unspecified atom stereocenters. The first-order valence-electron chi connectivity index (χ1n) is 4.55. The first kappa shape index (κ1) is 13.8. The van der Waals surface area contributed by atoms with E-state index < -0.39 is 36.9 Å². The number of hydrogen-bond acceptors (Lipinski definition) is 14. The van der Waals surface area contributed by atoms with Crippen LogP contribution in [0.25, 0.3) is 0 Å². The number of azo groups is 1. The SMILES string of the molecule is O=[N+]([O-])C12N=NN=NC1([N+](=O)[O-])C([N+](=O)[O-])([N+](=O)[O-])N=N2. The first-order chi connectivity index (χ1) is 9.69. The highest BCUT2D eigenvalue weighted by Crippen LogP contribution is 2.51. The van der Waals surface area contributed by atoms with Crippen LogP contribution in [0.5, 0.6) is 0 Å². The van der Waals surface area contributed by atoms with Crippen LogP contribution in [0.1, 0.15) is 0 Å². The molecule has 110 valence electrons. The van der Waals surface area contributed by atoms with Crippen LogP contribution >= 0.6 is 0 Å². The molecule has 21 heavy (non-hydrogen) atoms. The summed E-state index contributed by atoms with van der Waals surface area (Å²) in [4.78, 5) is 37.3. The molecule has 2 heterocycles. The maximum atomic E-state index is 11.2. The fourth-order valence-corrected chi connectivity index (χ4v) is 1.77. The lowest BCUT2D eigenvalue weighted by atomic mass is 9.97. The molecule has 0 amide bonds. The summed E-state index contributed by atoms with van der Waals surface area (Å²) in [5.41, 5.74) is -3.95. The van der Waals surface area contributed by atoms with Crippen molar-refractivity contribution in [1.82, 2.24) is 0 Å². The molecule has 2 aliphatic rings. The Kier molecular flexibility index (Phi) is 2.44. The van der Waals surface area contributed by atoms with E-state index in [-0.39, 0.29) is 0 Å². The van der Waals surface area contributed by atoms with Crippen molar-refractivity contribution in [3.63, 3.8) is 0 Å². The summed E-state index contributed by atoms with van der Waals surface area (Å²) in [5, 5.41) is 60.1. The zero-order chi connectivity index (χ0) is 16.1. The van der Waals surface area contributed by atoms with E-state index in [9.17, 15) is 40.5 Å². The van der Waals surface area contributed by atoms with Crippen LogP contribution < -0.4 is 0 Å². The molecule has 0 saturated heterocycles. The van der Waals surface area contributed by atoms with Gasteiger partial charge in [-0.05, 0) is 15.6 Å². The van der Waals surface area contributed by atoms with E-state index >= 15 is 0 Å². The third-order valence-corrected chi connectivity index (χ3v) is 2.71. The van der Waals surface area contributed by atoms with Crippen LogP contribution in [0.2, 0.25) is 0 Å². The standard InChI is InChI=1S/C3N10O8/c14-10(15)1-2(11(16)17,6-9-8-4-1)5-7-3(1,12(18)19)13(20)21. The van der Waals surface area contributed by atoms with E-state index in [0.717, 1.165) is 0 Å². The van der Waals surface area contributed by atoms with E-state index in [1.165, 1.54) is 0 Å². The Morgan fingerprint density at radius 1 is 0.619 bits per heavy atom. The molecule has 0 aliphatic carbocycles. The second kappa shape index (κ2) is 3.71. The van der Waals surface area contributed by atoms with Gasteiger partial charge in [-0.25, -0.2) is 0 Å². The molecule has 2 rings (SSSR count). The lowest BCUT2D eigenvalue weighted by molar-refractivity contribution is -0.862. The second-order valence-electron chi connectivity index (χ2n) is 3.55. The van der Waals surface area contributed by atoms with E-state index in [1.54, 1.807) is 0 Å². The maximum Gasteiger partial charge on any atom is 0.685 e. The molecule has 0 aromatic carbocycles. The smallest absolute Gasteiger partial charge is 0.261 e. The average molecular weight is 304 g/mol. The first-order valence-corrected chi connectivity index (χ1v) is 4.55.